The van der Waals surface area contributed by atoms with Crippen LogP contribution in [0.4, 0.5) is 0 Å². The highest BCUT2D eigenvalue weighted by Gasteiger charge is 1.97. The summed E-state index contributed by atoms with van der Waals surface area (Å²) in [6, 6.07) is 0. The Hall–Kier alpha value is 0.270. The number of nitrogens with one attached hydrogen (secondary N) is 1. The second kappa shape index (κ2) is 7.38. The highest BCUT2D eigenvalue weighted by Crippen LogP contribution is 1.93. The fraction of sp³-hybridized carbons (Fsp3) is 1.00. The van der Waals surface area contributed by atoms with Crippen LogP contribution in [0, 0.1) is 0 Å². The predicted molar refractivity (Wildman–Crippen MR) is 49.6 cm³/mol. The molecule has 0 amide bonds. The molecule has 62 valence electrons. The van der Waals surface area contributed by atoms with E-state index in [2.05, 4.69) is 23.4 Å². The van der Waals surface area contributed by atoms with Crippen LogP contribution in [-0.2, 0) is 0 Å². The van der Waals surface area contributed by atoms with Crippen molar-refractivity contribution in [3.63, 3.8) is 0 Å². The summed E-state index contributed by atoms with van der Waals surface area (Å²) in [5.74, 6) is 1.23. The van der Waals surface area contributed by atoms with E-state index in [1.807, 2.05) is 18.8 Å². The second-order valence-corrected chi connectivity index (χ2v) is 3.20. The molecule has 0 fully saturated rings. The van der Waals surface area contributed by atoms with Crippen molar-refractivity contribution in [2.45, 2.75) is 6.92 Å². The molecule has 0 aromatic heterocycles. The summed E-state index contributed by atoms with van der Waals surface area (Å²) >= 11 is 1.90. The summed E-state index contributed by atoms with van der Waals surface area (Å²) < 4.78 is 0. The van der Waals surface area contributed by atoms with E-state index < -0.39 is 0 Å². The number of hydrogen-bond acceptors (Lipinski definition) is 3. The van der Waals surface area contributed by atoms with Crippen LogP contribution in [0.1, 0.15) is 6.92 Å². The van der Waals surface area contributed by atoms with Gasteiger partial charge in [0.1, 0.15) is 0 Å². The third kappa shape index (κ3) is 5.09. The Balaban J connectivity index is 3.21. The Morgan fingerprint density at radius 2 is 2.20 bits per heavy atom. The molecule has 2 nitrogen and oxygen atoms in total. The van der Waals surface area contributed by atoms with Gasteiger partial charge in [-0.15, -0.1) is 0 Å². The first-order chi connectivity index (χ1) is 4.85. The Kier molecular flexibility index (Phi) is 7.58. The molecule has 0 heterocycles. The standard InChI is InChI=1S/C7H18N2S/c1-4-9(7-8-2)5-6-10-3/h8H,4-7H2,1-3H3. The zero-order chi connectivity index (χ0) is 7.82. The fourth-order valence-corrected chi connectivity index (χ4v) is 1.23. The van der Waals surface area contributed by atoms with Crippen molar-refractivity contribution in [1.29, 1.82) is 0 Å². The summed E-state index contributed by atoms with van der Waals surface area (Å²) in [7, 11) is 1.99. The minimum absolute atomic E-state index is 1.01. The molecule has 0 unspecified atom stereocenters. The van der Waals surface area contributed by atoms with E-state index >= 15 is 0 Å². The van der Waals surface area contributed by atoms with Gasteiger partial charge in [0.25, 0.3) is 0 Å². The molecule has 0 radical (unpaired) electrons. The van der Waals surface area contributed by atoms with E-state index in [1.165, 1.54) is 12.3 Å². The molecule has 0 atom stereocenters. The van der Waals surface area contributed by atoms with Crippen molar-refractivity contribution >= 4 is 11.8 Å². The second-order valence-electron chi connectivity index (χ2n) is 2.22. The van der Waals surface area contributed by atoms with E-state index in [-0.39, 0.29) is 0 Å². The quantitative estimate of drug-likeness (QED) is 0.583. The van der Waals surface area contributed by atoms with Crippen molar-refractivity contribution in [2.24, 2.45) is 0 Å². The topological polar surface area (TPSA) is 15.3 Å². The largest absolute Gasteiger partial charge is 0.307 e. The van der Waals surface area contributed by atoms with E-state index in [9.17, 15) is 0 Å². The summed E-state index contributed by atoms with van der Waals surface area (Å²) in [5, 5.41) is 3.14. The van der Waals surface area contributed by atoms with Crippen molar-refractivity contribution in [3.05, 3.63) is 0 Å². The van der Waals surface area contributed by atoms with Gasteiger partial charge < -0.3 is 5.32 Å². The van der Waals surface area contributed by atoms with Crippen LogP contribution in [0.25, 0.3) is 0 Å². The van der Waals surface area contributed by atoms with Gasteiger partial charge in [-0.25, -0.2) is 0 Å². The van der Waals surface area contributed by atoms with Crippen LogP contribution in [0.3, 0.4) is 0 Å². The first-order valence-corrected chi connectivity index (χ1v) is 5.10. The summed E-state index contributed by atoms with van der Waals surface area (Å²) in [6.45, 7) is 5.54. The number of rotatable bonds is 6. The Labute approximate surface area is 68.4 Å². The lowest BCUT2D eigenvalue weighted by Crippen LogP contribution is -2.33. The zero-order valence-electron chi connectivity index (χ0n) is 7.18. The highest BCUT2D eigenvalue weighted by molar-refractivity contribution is 7.98. The van der Waals surface area contributed by atoms with Gasteiger partial charge in [0.15, 0.2) is 0 Å². The van der Waals surface area contributed by atoms with Crippen LogP contribution in [0.15, 0.2) is 0 Å². The van der Waals surface area contributed by atoms with E-state index in [4.69, 9.17) is 0 Å². The SMILES string of the molecule is CCN(CCSC)CNC. The molecule has 0 aromatic carbocycles. The Morgan fingerprint density at radius 1 is 1.50 bits per heavy atom. The molecule has 0 spiro atoms. The molecule has 3 heteroatoms. The molecule has 1 N–H and O–H groups in total. The lowest BCUT2D eigenvalue weighted by molar-refractivity contribution is 0.291. The number of thioether (sulfide) groups is 1. The number of nitrogens with zero attached hydrogens (tertiary/aromatic N) is 1. The van der Waals surface area contributed by atoms with Crippen LogP contribution in [0.2, 0.25) is 0 Å². The van der Waals surface area contributed by atoms with Crippen molar-refractivity contribution in [1.82, 2.24) is 10.2 Å². The molecule has 0 aromatic rings. The fourth-order valence-electron chi connectivity index (χ4n) is 0.793. The zero-order valence-corrected chi connectivity index (χ0v) is 8.00. The molecular weight excluding hydrogens is 144 g/mol. The molecule has 0 aliphatic rings. The molecule has 0 aliphatic carbocycles. The maximum Gasteiger partial charge on any atom is 0.0478 e. The van der Waals surface area contributed by atoms with Crippen LogP contribution in [0.5, 0.6) is 0 Å². The van der Waals surface area contributed by atoms with E-state index in [0.717, 1.165) is 13.2 Å². The Bertz CT molecular complexity index is 68.6. The van der Waals surface area contributed by atoms with Gasteiger partial charge >= 0.3 is 0 Å². The van der Waals surface area contributed by atoms with Gasteiger partial charge in [0, 0.05) is 19.0 Å². The molecule has 0 saturated heterocycles. The van der Waals surface area contributed by atoms with Gasteiger partial charge in [-0.1, -0.05) is 6.92 Å². The number of hydrogen-bond donors (Lipinski definition) is 1. The average Bonchev–Trinajstić information content (AvgIpc) is 1.98. The van der Waals surface area contributed by atoms with Gasteiger partial charge in [0.2, 0.25) is 0 Å². The maximum atomic E-state index is 3.14. The van der Waals surface area contributed by atoms with Crippen molar-refractivity contribution in [3.8, 4) is 0 Å². The highest BCUT2D eigenvalue weighted by atomic mass is 32.2. The molecule has 0 aliphatic heterocycles. The smallest absolute Gasteiger partial charge is 0.0478 e. The summed E-state index contributed by atoms with van der Waals surface area (Å²) in [4.78, 5) is 2.39. The summed E-state index contributed by atoms with van der Waals surface area (Å²) in [5.41, 5.74) is 0. The van der Waals surface area contributed by atoms with Gasteiger partial charge in [0.05, 0.1) is 0 Å². The molecule has 0 bridgehead atoms. The third-order valence-electron chi connectivity index (χ3n) is 1.44. The normalized spacial score (nSPS) is 10.8. The molecule has 0 saturated carbocycles. The van der Waals surface area contributed by atoms with Crippen LogP contribution >= 0.6 is 11.8 Å². The maximum absolute atomic E-state index is 3.14. The van der Waals surface area contributed by atoms with Crippen LogP contribution < -0.4 is 5.32 Å². The summed E-state index contributed by atoms with van der Waals surface area (Å²) in [6.07, 6.45) is 2.15. The first-order valence-electron chi connectivity index (χ1n) is 3.71. The Morgan fingerprint density at radius 3 is 2.60 bits per heavy atom. The lowest BCUT2D eigenvalue weighted by Gasteiger charge is -2.18. The van der Waals surface area contributed by atoms with Crippen LogP contribution in [-0.4, -0.2) is 43.7 Å². The van der Waals surface area contributed by atoms with Crippen molar-refractivity contribution < 1.29 is 0 Å². The van der Waals surface area contributed by atoms with Crippen molar-refractivity contribution in [2.75, 3.05) is 38.8 Å². The predicted octanol–water partition coefficient (Wildman–Crippen LogP) is 0.848. The lowest BCUT2D eigenvalue weighted by atomic mass is 10.5. The average molecular weight is 162 g/mol. The minimum atomic E-state index is 1.01. The molecule has 10 heavy (non-hydrogen) atoms. The minimum Gasteiger partial charge on any atom is -0.307 e. The first kappa shape index (κ1) is 10.3. The monoisotopic (exact) mass is 162 g/mol. The third-order valence-corrected chi connectivity index (χ3v) is 2.03. The van der Waals surface area contributed by atoms with E-state index in [0.29, 0.717) is 0 Å². The van der Waals surface area contributed by atoms with Gasteiger partial charge in [-0.2, -0.15) is 11.8 Å². The van der Waals surface area contributed by atoms with Gasteiger partial charge in [-0.3, -0.25) is 4.90 Å². The van der Waals surface area contributed by atoms with E-state index in [1.54, 1.807) is 0 Å². The molecule has 0 rings (SSSR count). The van der Waals surface area contributed by atoms with Gasteiger partial charge in [-0.05, 0) is 19.8 Å². The molecular formula is C7H18N2S.